The molecule has 0 radical (unpaired) electrons. The second-order valence-corrected chi connectivity index (χ2v) is 6.95. The van der Waals surface area contributed by atoms with E-state index in [1.54, 1.807) is 0 Å². The zero-order valence-electron chi connectivity index (χ0n) is 13.7. The maximum absolute atomic E-state index is 10.4. The fraction of sp³-hybridized carbons (Fsp3) is 0.571. The number of aliphatic hydroxyl groups excluding tert-OH is 2. The fourth-order valence-corrected chi connectivity index (χ4v) is 3.79. The minimum Gasteiger partial charge on any atom is -0.387 e. The number of nitrogens with zero attached hydrogens (tertiary/aromatic N) is 4. The molecule has 6 N–H and O–H groups in total. The van der Waals surface area contributed by atoms with Gasteiger partial charge >= 0.3 is 0 Å². The topological polar surface area (TPSA) is 173 Å². The average molecular weight is 384 g/mol. The van der Waals surface area contributed by atoms with Gasteiger partial charge in [0.2, 0.25) is 0 Å². The first kappa shape index (κ1) is 18.9. The molecule has 0 amide bonds. The van der Waals surface area contributed by atoms with Crippen molar-refractivity contribution >= 4 is 35.0 Å². The molecule has 0 spiro atoms. The number of aliphatic hydroxyl groups is 2. The highest BCUT2D eigenvalue weighted by molar-refractivity contribution is 7.99. The summed E-state index contributed by atoms with van der Waals surface area (Å²) in [5.41, 5.74) is 6.57. The van der Waals surface area contributed by atoms with E-state index in [4.69, 9.17) is 21.1 Å². The van der Waals surface area contributed by atoms with Crippen molar-refractivity contribution in [2.24, 2.45) is 0 Å². The van der Waals surface area contributed by atoms with Crippen molar-refractivity contribution < 1.29 is 25.1 Å². The van der Waals surface area contributed by atoms with Crippen LogP contribution in [0, 0.1) is 5.41 Å². The van der Waals surface area contributed by atoms with E-state index in [0.717, 1.165) is 6.21 Å². The van der Waals surface area contributed by atoms with Gasteiger partial charge in [0.25, 0.3) is 0 Å². The van der Waals surface area contributed by atoms with E-state index in [2.05, 4.69) is 19.8 Å². The Kier molecular flexibility index (Phi) is 6.01. The zero-order valence-corrected chi connectivity index (χ0v) is 14.5. The lowest BCUT2D eigenvalue weighted by Crippen LogP contribution is -2.32. The highest BCUT2D eigenvalue weighted by atomic mass is 32.2. The number of nitrogens with two attached hydrogens (primary N) is 1. The van der Waals surface area contributed by atoms with Crippen LogP contribution in [0.4, 0.5) is 5.82 Å². The first-order valence-electron chi connectivity index (χ1n) is 7.90. The Hall–Kier alpha value is -1.83. The molecule has 0 aliphatic carbocycles. The number of hydrogen-bond acceptors (Lipinski definition) is 11. The largest absolute Gasteiger partial charge is 0.387 e. The van der Waals surface area contributed by atoms with Crippen LogP contribution in [-0.4, -0.2) is 77.1 Å². The molecule has 3 rings (SSSR count). The number of imidazole rings is 1. The van der Waals surface area contributed by atoms with Crippen molar-refractivity contribution in [1.82, 2.24) is 19.5 Å². The first-order valence-corrected chi connectivity index (χ1v) is 9.05. The van der Waals surface area contributed by atoms with Crippen LogP contribution in [0.1, 0.15) is 12.6 Å². The minimum atomic E-state index is -1.15. The van der Waals surface area contributed by atoms with Crippen LogP contribution in [0.3, 0.4) is 0 Å². The second-order valence-electron chi connectivity index (χ2n) is 5.80. The molecule has 1 aliphatic rings. The molecule has 1 aliphatic heterocycles. The summed E-state index contributed by atoms with van der Waals surface area (Å²) in [4.78, 5) is 16.2. The second kappa shape index (κ2) is 8.24. The van der Waals surface area contributed by atoms with Crippen molar-refractivity contribution in [1.29, 1.82) is 5.41 Å². The van der Waals surface area contributed by atoms with Crippen molar-refractivity contribution in [3.63, 3.8) is 0 Å². The summed E-state index contributed by atoms with van der Waals surface area (Å²) in [5.74, 6) is 1.24. The van der Waals surface area contributed by atoms with Gasteiger partial charge in [-0.25, -0.2) is 19.8 Å². The number of fused-ring (bicyclic) bond motifs is 1. The van der Waals surface area contributed by atoms with E-state index < -0.39 is 30.6 Å². The van der Waals surface area contributed by atoms with Gasteiger partial charge in [-0.15, -0.1) is 0 Å². The molecule has 0 aromatic carbocycles. The van der Waals surface area contributed by atoms with Gasteiger partial charge in [0.1, 0.15) is 30.2 Å². The van der Waals surface area contributed by atoms with E-state index in [1.165, 1.54) is 29.0 Å². The molecule has 0 saturated carbocycles. The lowest BCUT2D eigenvalue weighted by molar-refractivity contribution is -0.259. The van der Waals surface area contributed by atoms with Crippen LogP contribution in [0.2, 0.25) is 0 Å². The van der Waals surface area contributed by atoms with E-state index in [-0.39, 0.29) is 5.82 Å². The van der Waals surface area contributed by atoms with Crippen LogP contribution in [0.15, 0.2) is 12.7 Å². The van der Waals surface area contributed by atoms with Crippen LogP contribution in [-0.2, 0) is 9.62 Å². The molecule has 2 aromatic heterocycles. The molecule has 12 heteroatoms. The van der Waals surface area contributed by atoms with Gasteiger partial charge in [0.15, 0.2) is 17.7 Å². The number of ether oxygens (including phenoxy) is 1. The lowest BCUT2D eigenvalue weighted by atomic mass is 10.1. The van der Waals surface area contributed by atoms with Crippen molar-refractivity contribution in [3.05, 3.63) is 12.7 Å². The molecule has 142 valence electrons. The number of anilines is 1. The molecule has 1 saturated heterocycles. The highest BCUT2D eigenvalue weighted by Crippen LogP contribution is 2.33. The van der Waals surface area contributed by atoms with Crippen LogP contribution >= 0.6 is 11.8 Å². The number of aromatic nitrogens is 4. The highest BCUT2D eigenvalue weighted by Gasteiger charge is 2.44. The molecule has 0 bridgehead atoms. The summed E-state index contributed by atoms with van der Waals surface area (Å²) in [6.45, 7) is 0. The first-order chi connectivity index (χ1) is 12.6. The molecule has 1 fully saturated rings. The Morgan fingerprint density at radius 2 is 2.19 bits per heavy atom. The maximum atomic E-state index is 10.4. The maximum Gasteiger partial charge on any atom is 0.167 e. The predicted octanol–water partition coefficient (Wildman–Crippen LogP) is -0.341. The predicted molar refractivity (Wildman–Crippen MR) is 93.9 cm³/mol. The normalized spacial score (nSPS) is 27.0. The van der Waals surface area contributed by atoms with Crippen molar-refractivity contribution in [3.8, 4) is 0 Å². The van der Waals surface area contributed by atoms with Gasteiger partial charge in [-0.05, 0) is 12.2 Å². The minimum absolute atomic E-state index is 0.223. The molecular weight excluding hydrogens is 364 g/mol. The zero-order chi connectivity index (χ0) is 18.7. The summed E-state index contributed by atoms with van der Waals surface area (Å²) >= 11 is 1.46. The third-order valence-corrected chi connectivity index (χ3v) is 5.24. The molecule has 3 heterocycles. The Bertz CT molecular complexity index is 761. The quantitative estimate of drug-likeness (QED) is 0.175. The molecule has 2 aromatic rings. The third-order valence-electron chi connectivity index (χ3n) is 4.15. The lowest BCUT2D eigenvalue weighted by Gasteiger charge is -2.16. The fourth-order valence-electron chi connectivity index (χ4n) is 2.72. The molecule has 5 unspecified atom stereocenters. The molecule has 26 heavy (non-hydrogen) atoms. The summed E-state index contributed by atoms with van der Waals surface area (Å²) in [6, 6.07) is 0. The number of rotatable bonds is 8. The van der Waals surface area contributed by atoms with Crippen LogP contribution in [0.25, 0.3) is 11.2 Å². The number of thioether (sulfide) groups is 1. The monoisotopic (exact) mass is 384 g/mol. The van der Waals surface area contributed by atoms with Gasteiger partial charge in [-0.3, -0.25) is 9.82 Å². The Labute approximate surface area is 152 Å². The number of nitrogen functional groups attached to an aromatic ring is 1. The van der Waals surface area contributed by atoms with Gasteiger partial charge in [0.05, 0.1) is 12.4 Å². The number of nitrogens with one attached hydrogen (secondary N) is 1. The van der Waals surface area contributed by atoms with E-state index >= 15 is 0 Å². The Balaban J connectivity index is 1.64. The van der Waals surface area contributed by atoms with Gasteiger partial charge < -0.3 is 26.1 Å². The van der Waals surface area contributed by atoms with E-state index in [9.17, 15) is 10.2 Å². The SMILES string of the molecule is N=CC(CCSCC1OC(n2cnc3c(N)ncnc32)C(O)C1O)OO. The molecule has 11 nitrogen and oxygen atoms in total. The summed E-state index contributed by atoms with van der Waals surface area (Å²) in [5, 5.41) is 36.3. The van der Waals surface area contributed by atoms with Crippen molar-refractivity contribution in [2.45, 2.75) is 37.1 Å². The smallest absolute Gasteiger partial charge is 0.167 e. The average Bonchev–Trinajstić information content (AvgIpc) is 3.19. The van der Waals surface area contributed by atoms with Gasteiger partial charge in [-0.2, -0.15) is 11.8 Å². The Morgan fingerprint density at radius 1 is 1.38 bits per heavy atom. The Morgan fingerprint density at radius 3 is 2.92 bits per heavy atom. The standard InChI is InChI=1S/C14H20N6O5S/c15-3-7(25-23)1-2-26-4-8-10(21)11(22)14(24-8)20-6-19-9-12(16)17-5-18-13(9)20/h3,5-8,10-11,14-15,21-23H,1-2,4H2,(H2,16,17,18). The summed E-state index contributed by atoms with van der Waals surface area (Å²) in [6.07, 6.45) is -0.113. The molecular formula is C14H20N6O5S. The van der Waals surface area contributed by atoms with Gasteiger partial charge in [0, 0.05) is 12.0 Å². The van der Waals surface area contributed by atoms with E-state index in [1.807, 2.05) is 0 Å². The summed E-state index contributed by atoms with van der Waals surface area (Å²) < 4.78 is 7.34. The third kappa shape index (κ3) is 3.65. The number of hydrogen-bond donors (Lipinski definition) is 5. The van der Waals surface area contributed by atoms with Crippen LogP contribution < -0.4 is 5.73 Å². The van der Waals surface area contributed by atoms with Crippen LogP contribution in [0.5, 0.6) is 0 Å². The van der Waals surface area contributed by atoms with Crippen molar-refractivity contribution in [2.75, 3.05) is 17.2 Å². The van der Waals surface area contributed by atoms with E-state index in [0.29, 0.717) is 29.1 Å². The summed E-state index contributed by atoms with van der Waals surface area (Å²) in [7, 11) is 0. The molecule has 5 atom stereocenters. The van der Waals surface area contributed by atoms with Gasteiger partial charge in [-0.1, -0.05) is 0 Å².